The summed E-state index contributed by atoms with van der Waals surface area (Å²) in [7, 11) is 1.90. The SMILES string of the molecule is CC(CCl)CCCNCc1ncnn1C. The molecule has 0 saturated carbocycles. The van der Waals surface area contributed by atoms with Gasteiger partial charge in [0.2, 0.25) is 0 Å². The second kappa shape index (κ2) is 6.80. The maximum atomic E-state index is 5.72. The summed E-state index contributed by atoms with van der Waals surface area (Å²) in [6, 6.07) is 0. The number of rotatable bonds is 7. The minimum absolute atomic E-state index is 0.614. The van der Waals surface area contributed by atoms with Gasteiger partial charge in [-0.05, 0) is 25.3 Å². The molecule has 0 fully saturated rings. The third kappa shape index (κ3) is 4.62. The molecular weight excluding hydrogens is 212 g/mol. The lowest BCUT2D eigenvalue weighted by atomic mass is 10.1. The summed E-state index contributed by atoms with van der Waals surface area (Å²) in [6.07, 6.45) is 3.91. The summed E-state index contributed by atoms with van der Waals surface area (Å²) in [4.78, 5) is 4.13. The first-order valence-corrected chi connectivity index (χ1v) is 5.87. The summed E-state index contributed by atoms with van der Waals surface area (Å²) < 4.78 is 1.79. The topological polar surface area (TPSA) is 42.7 Å². The van der Waals surface area contributed by atoms with E-state index in [1.807, 2.05) is 7.05 Å². The highest BCUT2D eigenvalue weighted by Gasteiger charge is 2.01. The molecule has 4 nitrogen and oxygen atoms in total. The molecule has 1 aromatic heterocycles. The van der Waals surface area contributed by atoms with E-state index in [1.54, 1.807) is 11.0 Å². The largest absolute Gasteiger partial charge is 0.310 e. The van der Waals surface area contributed by atoms with Crippen LogP contribution in [0.4, 0.5) is 0 Å². The Balaban J connectivity index is 2.05. The van der Waals surface area contributed by atoms with Gasteiger partial charge in [-0.1, -0.05) is 6.92 Å². The van der Waals surface area contributed by atoms with Crippen LogP contribution in [0, 0.1) is 5.92 Å². The van der Waals surface area contributed by atoms with Crippen LogP contribution < -0.4 is 5.32 Å². The van der Waals surface area contributed by atoms with Crippen molar-refractivity contribution in [1.29, 1.82) is 0 Å². The zero-order valence-corrected chi connectivity index (χ0v) is 10.2. The Kier molecular flexibility index (Phi) is 5.65. The van der Waals surface area contributed by atoms with Gasteiger partial charge in [-0.15, -0.1) is 11.6 Å². The first-order valence-electron chi connectivity index (χ1n) is 5.33. The van der Waals surface area contributed by atoms with Crippen LogP contribution in [-0.2, 0) is 13.6 Å². The molecule has 0 aliphatic rings. The smallest absolute Gasteiger partial charge is 0.140 e. The van der Waals surface area contributed by atoms with Crippen molar-refractivity contribution in [2.75, 3.05) is 12.4 Å². The molecule has 86 valence electrons. The van der Waals surface area contributed by atoms with Gasteiger partial charge >= 0.3 is 0 Å². The number of aromatic nitrogens is 3. The molecule has 0 spiro atoms. The number of alkyl halides is 1. The molecule has 0 aromatic carbocycles. The van der Waals surface area contributed by atoms with Gasteiger partial charge in [0.25, 0.3) is 0 Å². The molecule has 0 aliphatic heterocycles. The van der Waals surface area contributed by atoms with Gasteiger partial charge in [-0.25, -0.2) is 4.98 Å². The highest BCUT2D eigenvalue weighted by Crippen LogP contribution is 2.06. The Morgan fingerprint density at radius 3 is 3.00 bits per heavy atom. The van der Waals surface area contributed by atoms with Crippen molar-refractivity contribution in [1.82, 2.24) is 20.1 Å². The molecule has 1 atom stereocenters. The molecule has 5 heteroatoms. The summed E-state index contributed by atoms with van der Waals surface area (Å²) >= 11 is 5.72. The van der Waals surface area contributed by atoms with E-state index in [-0.39, 0.29) is 0 Å². The number of halogens is 1. The van der Waals surface area contributed by atoms with E-state index in [0.717, 1.165) is 31.2 Å². The van der Waals surface area contributed by atoms with Crippen molar-refractivity contribution in [3.05, 3.63) is 12.2 Å². The number of nitrogens with one attached hydrogen (secondary N) is 1. The molecule has 0 saturated heterocycles. The van der Waals surface area contributed by atoms with Crippen LogP contribution in [0.5, 0.6) is 0 Å². The predicted molar refractivity (Wildman–Crippen MR) is 61.8 cm³/mol. The maximum Gasteiger partial charge on any atom is 0.140 e. The van der Waals surface area contributed by atoms with E-state index < -0.39 is 0 Å². The Hall–Kier alpha value is -0.610. The van der Waals surface area contributed by atoms with Gasteiger partial charge in [-0.2, -0.15) is 5.10 Å². The molecule has 0 bridgehead atoms. The second-order valence-corrected chi connectivity index (χ2v) is 4.19. The van der Waals surface area contributed by atoms with E-state index in [1.165, 1.54) is 6.42 Å². The molecular formula is C10H19ClN4. The van der Waals surface area contributed by atoms with Gasteiger partial charge in [-0.3, -0.25) is 4.68 Å². The van der Waals surface area contributed by atoms with Crippen LogP contribution in [0.3, 0.4) is 0 Å². The first kappa shape index (κ1) is 12.5. The van der Waals surface area contributed by atoms with Gasteiger partial charge in [0.05, 0.1) is 6.54 Å². The number of nitrogens with zero attached hydrogens (tertiary/aromatic N) is 3. The maximum absolute atomic E-state index is 5.72. The fraction of sp³-hybridized carbons (Fsp3) is 0.800. The van der Waals surface area contributed by atoms with Crippen LogP contribution in [0.25, 0.3) is 0 Å². The lowest BCUT2D eigenvalue weighted by molar-refractivity contribution is 0.521. The molecule has 1 heterocycles. The van der Waals surface area contributed by atoms with E-state index in [0.29, 0.717) is 5.92 Å². The molecule has 1 N–H and O–H groups in total. The van der Waals surface area contributed by atoms with Gasteiger partial charge < -0.3 is 5.32 Å². The monoisotopic (exact) mass is 230 g/mol. The van der Waals surface area contributed by atoms with Crippen LogP contribution in [0.15, 0.2) is 6.33 Å². The summed E-state index contributed by atoms with van der Waals surface area (Å²) in [5, 5.41) is 7.35. The fourth-order valence-electron chi connectivity index (χ4n) is 1.33. The van der Waals surface area contributed by atoms with Crippen LogP contribution in [0.1, 0.15) is 25.6 Å². The average Bonchev–Trinajstić information content (AvgIpc) is 2.63. The van der Waals surface area contributed by atoms with E-state index in [2.05, 4.69) is 22.3 Å². The quantitative estimate of drug-likeness (QED) is 0.571. The van der Waals surface area contributed by atoms with E-state index in [4.69, 9.17) is 11.6 Å². The highest BCUT2D eigenvalue weighted by molar-refractivity contribution is 6.18. The van der Waals surface area contributed by atoms with Crippen molar-refractivity contribution in [3.8, 4) is 0 Å². The minimum atomic E-state index is 0.614. The van der Waals surface area contributed by atoms with Crippen molar-refractivity contribution in [3.63, 3.8) is 0 Å². The zero-order valence-electron chi connectivity index (χ0n) is 9.41. The molecule has 1 unspecified atom stereocenters. The van der Waals surface area contributed by atoms with Crippen molar-refractivity contribution in [2.24, 2.45) is 13.0 Å². The Morgan fingerprint density at radius 2 is 2.40 bits per heavy atom. The number of hydrogen-bond acceptors (Lipinski definition) is 3. The minimum Gasteiger partial charge on any atom is -0.310 e. The van der Waals surface area contributed by atoms with Crippen molar-refractivity contribution >= 4 is 11.6 Å². The third-order valence-electron chi connectivity index (χ3n) is 2.40. The summed E-state index contributed by atoms with van der Waals surface area (Å²) in [5.41, 5.74) is 0. The van der Waals surface area contributed by atoms with Gasteiger partial charge in [0.15, 0.2) is 0 Å². The van der Waals surface area contributed by atoms with Crippen LogP contribution >= 0.6 is 11.6 Å². The Bertz CT molecular complexity index is 274. The van der Waals surface area contributed by atoms with Gasteiger partial charge in [0, 0.05) is 12.9 Å². The molecule has 1 rings (SSSR count). The van der Waals surface area contributed by atoms with Crippen LogP contribution in [-0.4, -0.2) is 27.2 Å². The zero-order chi connectivity index (χ0) is 11.1. The highest BCUT2D eigenvalue weighted by atomic mass is 35.5. The lowest BCUT2D eigenvalue weighted by Crippen LogP contribution is -2.18. The number of hydrogen-bond donors (Lipinski definition) is 1. The van der Waals surface area contributed by atoms with Gasteiger partial charge in [0.1, 0.15) is 12.2 Å². The Morgan fingerprint density at radius 1 is 1.60 bits per heavy atom. The fourth-order valence-corrected chi connectivity index (χ4v) is 1.49. The van der Waals surface area contributed by atoms with Crippen molar-refractivity contribution < 1.29 is 0 Å². The van der Waals surface area contributed by atoms with E-state index in [9.17, 15) is 0 Å². The molecule has 15 heavy (non-hydrogen) atoms. The molecule has 0 amide bonds. The Labute approximate surface area is 96.0 Å². The van der Waals surface area contributed by atoms with E-state index >= 15 is 0 Å². The standard InChI is InChI=1S/C10H19ClN4/c1-9(6-11)4-3-5-12-7-10-13-8-14-15(10)2/h8-9,12H,3-7H2,1-2H3. The lowest BCUT2D eigenvalue weighted by Gasteiger charge is -2.07. The second-order valence-electron chi connectivity index (χ2n) is 3.88. The predicted octanol–water partition coefficient (Wildman–Crippen LogP) is 1.56. The van der Waals surface area contributed by atoms with Crippen LogP contribution in [0.2, 0.25) is 0 Å². The normalized spacial score (nSPS) is 13.0. The molecule has 0 radical (unpaired) electrons. The molecule has 1 aromatic rings. The summed E-state index contributed by atoms with van der Waals surface area (Å²) in [5.74, 6) is 2.34. The summed E-state index contributed by atoms with van der Waals surface area (Å²) in [6.45, 7) is 3.97. The average molecular weight is 231 g/mol. The molecule has 0 aliphatic carbocycles. The third-order valence-corrected chi connectivity index (χ3v) is 2.93. The van der Waals surface area contributed by atoms with Crippen molar-refractivity contribution in [2.45, 2.75) is 26.3 Å². The first-order chi connectivity index (χ1) is 7.24. The number of aryl methyl sites for hydroxylation is 1.